The molecule has 0 N–H and O–H groups in total. The Hall–Kier alpha value is -0.890. The molecular formula is C15H20FN. The van der Waals surface area contributed by atoms with Gasteiger partial charge >= 0.3 is 0 Å². The number of likely N-dealkylation sites (tertiary alicyclic amines) is 1. The Morgan fingerprint density at radius 1 is 1.29 bits per heavy atom. The van der Waals surface area contributed by atoms with Crippen LogP contribution < -0.4 is 0 Å². The zero-order chi connectivity index (χ0) is 11.8. The molecule has 0 spiro atoms. The van der Waals surface area contributed by atoms with Crippen molar-refractivity contribution >= 4 is 0 Å². The van der Waals surface area contributed by atoms with E-state index in [1.165, 1.54) is 37.8 Å². The van der Waals surface area contributed by atoms with E-state index in [1.807, 2.05) is 6.07 Å². The van der Waals surface area contributed by atoms with Crippen LogP contribution >= 0.6 is 0 Å². The summed E-state index contributed by atoms with van der Waals surface area (Å²) in [6.07, 6.45) is 4.79. The predicted octanol–water partition coefficient (Wildman–Crippen LogP) is 3.86. The van der Waals surface area contributed by atoms with E-state index in [-0.39, 0.29) is 5.82 Å². The predicted molar refractivity (Wildman–Crippen MR) is 67.6 cm³/mol. The molecule has 0 bridgehead atoms. The van der Waals surface area contributed by atoms with Crippen LogP contribution in [0.3, 0.4) is 0 Å². The highest BCUT2D eigenvalue weighted by Crippen LogP contribution is 2.46. The summed E-state index contributed by atoms with van der Waals surface area (Å²) in [6, 6.07) is 6.12. The van der Waals surface area contributed by atoms with Crippen molar-refractivity contribution in [2.45, 2.75) is 44.6 Å². The maximum atomic E-state index is 14.0. The van der Waals surface area contributed by atoms with Gasteiger partial charge < -0.3 is 0 Å². The fraction of sp³-hybridized carbons (Fsp3) is 0.600. The Labute approximate surface area is 103 Å². The van der Waals surface area contributed by atoms with Gasteiger partial charge in [-0.15, -0.1) is 0 Å². The van der Waals surface area contributed by atoms with Crippen molar-refractivity contribution < 1.29 is 4.39 Å². The quantitative estimate of drug-likeness (QED) is 0.766. The first-order valence-electron chi connectivity index (χ1n) is 6.83. The molecule has 1 atom stereocenters. The first kappa shape index (κ1) is 11.2. The van der Waals surface area contributed by atoms with E-state index < -0.39 is 0 Å². The highest BCUT2D eigenvalue weighted by molar-refractivity contribution is 5.37. The lowest BCUT2D eigenvalue weighted by Gasteiger charge is -2.25. The largest absolute Gasteiger partial charge is 0.297 e. The van der Waals surface area contributed by atoms with Crippen LogP contribution in [-0.2, 0) is 0 Å². The smallest absolute Gasteiger partial charge is 0.127 e. The standard InChI is InChI=1S/C15H20FN/c1-2-17-10-4-7-14(17)12-5-3-6-13(16)15(12)11-8-9-11/h3,5-6,11,14H,2,4,7-10H2,1H3. The molecule has 1 saturated carbocycles. The molecule has 0 amide bonds. The Morgan fingerprint density at radius 3 is 2.82 bits per heavy atom. The van der Waals surface area contributed by atoms with Gasteiger partial charge in [-0.2, -0.15) is 0 Å². The van der Waals surface area contributed by atoms with E-state index in [0.717, 1.165) is 12.1 Å². The minimum Gasteiger partial charge on any atom is -0.297 e. The fourth-order valence-corrected chi connectivity index (χ4v) is 3.20. The third-order valence-corrected chi connectivity index (χ3v) is 4.20. The monoisotopic (exact) mass is 233 g/mol. The van der Waals surface area contributed by atoms with Gasteiger partial charge in [0.15, 0.2) is 0 Å². The lowest BCUT2D eigenvalue weighted by atomic mass is 9.95. The normalized spacial score (nSPS) is 25.4. The van der Waals surface area contributed by atoms with Crippen LogP contribution in [0.5, 0.6) is 0 Å². The highest BCUT2D eigenvalue weighted by atomic mass is 19.1. The Kier molecular flexibility index (Phi) is 2.91. The number of hydrogen-bond acceptors (Lipinski definition) is 1. The summed E-state index contributed by atoms with van der Waals surface area (Å²) in [7, 11) is 0. The molecular weight excluding hydrogens is 213 g/mol. The lowest BCUT2D eigenvalue weighted by molar-refractivity contribution is 0.269. The molecule has 2 fully saturated rings. The maximum absolute atomic E-state index is 14.0. The second-order valence-corrected chi connectivity index (χ2v) is 5.30. The Morgan fingerprint density at radius 2 is 2.12 bits per heavy atom. The molecule has 1 aliphatic heterocycles. The van der Waals surface area contributed by atoms with Crippen molar-refractivity contribution in [3.8, 4) is 0 Å². The third kappa shape index (κ3) is 1.99. The molecule has 1 aromatic rings. The van der Waals surface area contributed by atoms with Gasteiger partial charge in [0.1, 0.15) is 5.82 Å². The highest BCUT2D eigenvalue weighted by Gasteiger charge is 2.34. The summed E-state index contributed by atoms with van der Waals surface area (Å²) in [5.74, 6) is 0.526. The molecule has 0 aromatic heterocycles. The van der Waals surface area contributed by atoms with Gasteiger partial charge in [0.05, 0.1) is 0 Å². The summed E-state index contributed by atoms with van der Waals surface area (Å²) in [5, 5.41) is 0. The minimum atomic E-state index is 0.0213. The zero-order valence-corrected chi connectivity index (χ0v) is 10.5. The third-order valence-electron chi connectivity index (χ3n) is 4.20. The lowest BCUT2D eigenvalue weighted by Crippen LogP contribution is -2.23. The number of hydrogen-bond donors (Lipinski definition) is 0. The average Bonchev–Trinajstić information content (AvgIpc) is 3.06. The van der Waals surface area contributed by atoms with E-state index in [0.29, 0.717) is 12.0 Å². The van der Waals surface area contributed by atoms with Crippen molar-refractivity contribution in [3.63, 3.8) is 0 Å². The van der Waals surface area contributed by atoms with Gasteiger partial charge in [-0.05, 0) is 61.9 Å². The number of halogens is 1. The molecule has 1 heterocycles. The molecule has 2 aliphatic rings. The van der Waals surface area contributed by atoms with Crippen molar-refractivity contribution in [3.05, 3.63) is 35.1 Å². The number of rotatable bonds is 3. The number of benzene rings is 1. The molecule has 2 heteroatoms. The van der Waals surface area contributed by atoms with E-state index in [4.69, 9.17) is 0 Å². The van der Waals surface area contributed by atoms with Crippen LogP contribution in [0.4, 0.5) is 4.39 Å². The van der Waals surface area contributed by atoms with E-state index in [9.17, 15) is 4.39 Å². The van der Waals surface area contributed by atoms with Crippen molar-refractivity contribution in [1.29, 1.82) is 0 Å². The van der Waals surface area contributed by atoms with Crippen LogP contribution in [0.25, 0.3) is 0 Å². The SMILES string of the molecule is CCN1CCCC1c1cccc(F)c1C1CC1. The van der Waals surface area contributed by atoms with Crippen LogP contribution in [0, 0.1) is 5.82 Å². The van der Waals surface area contributed by atoms with E-state index in [1.54, 1.807) is 6.07 Å². The first-order valence-corrected chi connectivity index (χ1v) is 6.83. The molecule has 1 aliphatic carbocycles. The molecule has 92 valence electrons. The summed E-state index contributed by atoms with van der Waals surface area (Å²) < 4.78 is 14.0. The van der Waals surface area contributed by atoms with Crippen LogP contribution in [-0.4, -0.2) is 18.0 Å². The van der Waals surface area contributed by atoms with Gasteiger partial charge in [0.2, 0.25) is 0 Å². The summed E-state index contributed by atoms with van der Waals surface area (Å²) in [5.41, 5.74) is 2.30. The maximum Gasteiger partial charge on any atom is 0.127 e. The van der Waals surface area contributed by atoms with E-state index in [2.05, 4.69) is 17.9 Å². The molecule has 17 heavy (non-hydrogen) atoms. The van der Waals surface area contributed by atoms with E-state index >= 15 is 0 Å². The molecule has 3 rings (SSSR count). The molecule has 1 aromatic carbocycles. The van der Waals surface area contributed by atoms with Crippen molar-refractivity contribution in [2.24, 2.45) is 0 Å². The van der Waals surface area contributed by atoms with Crippen LogP contribution in [0.1, 0.15) is 55.7 Å². The van der Waals surface area contributed by atoms with Gasteiger partial charge in [-0.25, -0.2) is 4.39 Å². The second-order valence-electron chi connectivity index (χ2n) is 5.30. The van der Waals surface area contributed by atoms with Gasteiger partial charge in [0.25, 0.3) is 0 Å². The topological polar surface area (TPSA) is 3.24 Å². The van der Waals surface area contributed by atoms with Crippen LogP contribution in [0.15, 0.2) is 18.2 Å². The Balaban J connectivity index is 1.98. The van der Waals surface area contributed by atoms with Gasteiger partial charge in [-0.1, -0.05) is 19.1 Å². The minimum absolute atomic E-state index is 0.0213. The molecule has 1 nitrogen and oxygen atoms in total. The zero-order valence-electron chi connectivity index (χ0n) is 10.5. The molecule has 1 unspecified atom stereocenters. The second kappa shape index (κ2) is 4.41. The van der Waals surface area contributed by atoms with Crippen molar-refractivity contribution in [2.75, 3.05) is 13.1 Å². The first-order chi connectivity index (χ1) is 8.31. The number of nitrogens with zero attached hydrogens (tertiary/aromatic N) is 1. The molecule has 0 radical (unpaired) electrons. The summed E-state index contributed by atoms with van der Waals surface area (Å²) in [6.45, 7) is 4.45. The summed E-state index contributed by atoms with van der Waals surface area (Å²) >= 11 is 0. The fourth-order valence-electron chi connectivity index (χ4n) is 3.20. The summed E-state index contributed by atoms with van der Waals surface area (Å²) in [4.78, 5) is 2.49. The van der Waals surface area contributed by atoms with Gasteiger partial charge in [-0.3, -0.25) is 4.90 Å². The van der Waals surface area contributed by atoms with Crippen molar-refractivity contribution in [1.82, 2.24) is 4.90 Å². The van der Waals surface area contributed by atoms with Gasteiger partial charge in [0, 0.05) is 6.04 Å². The van der Waals surface area contributed by atoms with Crippen LogP contribution in [0.2, 0.25) is 0 Å². The molecule has 1 saturated heterocycles. The Bertz CT molecular complexity index is 411. The average molecular weight is 233 g/mol.